The van der Waals surface area contributed by atoms with Crippen molar-refractivity contribution in [1.82, 2.24) is 5.32 Å². The maximum atomic E-state index is 9.03. The molecule has 0 amide bonds. The van der Waals surface area contributed by atoms with Crippen LogP contribution in [0.4, 0.5) is 0 Å². The summed E-state index contributed by atoms with van der Waals surface area (Å²) in [5, 5.41) is 12.4. The highest BCUT2D eigenvalue weighted by Crippen LogP contribution is 2.17. The first-order valence-electron chi connectivity index (χ1n) is 5.18. The molecule has 84 valence electrons. The van der Waals surface area contributed by atoms with Crippen molar-refractivity contribution >= 4 is 11.8 Å². The van der Waals surface area contributed by atoms with E-state index in [1.54, 1.807) is 0 Å². The zero-order valence-corrected chi connectivity index (χ0v) is 10.1. The number of aliphatic hydroxyl groups excluding tert-OH is 1. The maximum Gasteiger partial charge on any atom is 0.0582 e. The van der Waals surface area contributed by atoms with Crippen LogP contribution in [0.1, 0.15) is 18.5 Å². The standard InChI is InChI=1S/C12H19NOS/c1-10(8-14)13-12(9-15-2)11-6-4-3-5-7-11/h3-7,10,12-14H,8-9H2,1-2H3. The Hall–Kier alpha value is -0.510. The van der Waals surface area contributed by atoms with Crippen molar-refractivity contribution in [3.63, 3.8) is 0 Å². The molecule has 0 heterocycles. The van der Waals surface area contributed by atoms with Crippen molar-refractivity contribution < 1.29 is 5.11 Å². The van der Waals surface area contributed by atoms with E-state index in [1.807, 2.05) is 36.9 Å². The molecule has 2 unspecified atom stereocenters. The number of thioether (sulfide) groups is 1. The Labute approximate surface area is 96.1 Å². The summed E-state index contributed by atoms with van der Waals surface area (Å²) < 4.78 is 0. The Kier molecular flexibility index (Phi) is 5.76. The van der Waals surface area contributed by atoms with E-state index in [4.69, 9.17) is 5.11 Å². The molecule has 0 bridgehead atoms. The zero-order chi connectivity index (χ0) is 11.1. The van der Waals surface area contributed by atoms with Gasteiger partial charge in [0.1, 0.15) is 0 Å². The van der Waals surface area contributed by atoms with Gasteiger partial charge in [-0.3, -0.25) is 0 Å². The summed E-state index contributed by atoms with van der Waals surface area (Å²) in [5.41, 5.74) is 1.28. The van der Waals surface area contributed by atoms with Crippen LogP contribution in [0.3, 0.4) is 0 Å². The molecule has 0 aliphatic carbocycles. The lowest BCUT2D eigenvalue weighted by Gasteiger charge is -2.21. The molecule has 0 spiro atoms. The molecular formula is C12H19NOS. The Balaban J connectivity index is 2.65. The van der Waals surface area contributed by atoms with Crippen LogP contribution in [-0.2, 0) is 0 Å². The van der Waals surface area contributed by atoms with Crippen LogP contribution in [0.2, 0.25) is 0 Å². The average molecular weight is 225 g/mol. The fourth-order valence-electron chi connectivity index (χ4n) is 1.49. The third-order valence-corrected chi connectivity index (χ3v) is 2.96. The number of aliphatic hydroxyl groups is 1. The smallest absolute Gasteiger partial charge is 0.0582 e. The molecule has 1 aromatic carbocycles. The summed E-state index contributed by atoms with van der Waals surface area (Å²) in [4.78, 5) is 0. The van der Waals surface area contributed by atoms with Gasteiger partial charge in [0.25, 0.3) is 0 Å². The summed E-state index contributed by atoms with van der Waals surface area (Å²) in [6, 6.07) is 10.8. The van der Waals surface area contributed by atoms with Gasteiger partial charge >= 0.3 is 0 Å². The van der Waals surface area contributed by atoms with E-state index in [-0.39, 0.29) is 12.6 Å². The topological polar surface area (TPSA) is 32.3 Å². The third-order valence-electron chi connectivity index (χ3n) is 2.29. The zero-order valence-electron chi connectivity index (χ0n) is 9.31. The van der Waals surface area contributed by atoms with Crippen molar-refractivity contribution in [2.45, 2.75) is 19.0 Å². The highest BCUT2D eigenvalue weighted by atomic mass is 32.2. The van der Waals surface area contributed by atoms with Crippen molar-refractivity contribution in [2.24, 2.45) is 0 Å². The van der Waals surface area contributed by atoms with Crippen LogP contribution in [-0.4, -0.2) is 29.8 Å². The van der Waals surface area contributed by atoms with Gasteiger partial charge in [0, 0.05) is 17.8 Å². The summed E-state index contributed by atoms with van der Waals surface area (Å²) >= 11 is 1.81. The molecule has 1 rings (SSSR count). The van der Waals surface area contributed by atoms with Crippen molar-refractivity contribution in [3.8, 4) is 0 Å². The minimum absolute atomic E-state index is 0.141. The number of hydrogen-bond donors (Lipinski definition) is 2. The predicted octanol–water partition coefficient (Wildman–Crippen LogP) is 2.06. The molecule has 0 radical (unpaired) electrons. The number of hydrogen-bond acceptors (Lipinski definition) is 3. The first-order valence-corrected chi connectivity index (χ1v) is 6.58. The maximum absolute atomic E-state index is 9.03. The second-order valence-corrected chi connectivity index (χ2v) is 4.58. The van der Waals surface area contributed by atoms with E-state index in [9.17, 15) is 0 Å². The molecule has 3 heteroatoms. The first kappa shape index (κ1) is 12.6. The van der Waals surface area contributed by atoms with Crippen molar-refractivity contribution in [1.29, 1.82) is 0 Å². The SMILES string of the molecule is CSCC(NC(C)CO)c1ccccc1. The molecule has 0 saturated carbocycles. The van der Waals surface area contributed by atoms with Gasteiger partial charge in [-0.15, -0.1) is 0 Å². The molecule has 15 heavy (non-hydrogen) atoms. The second-order valence-electron chi connectivity index (χ2n) is 3.67. The number of rotatable bonds is 6. The van der Waals surface area contributed by atoms with Gasteiger partial charge in [0.05, 0.1) is 6.61 Å². The molecule has 2 N–H and O–H groups in total. The number of nitrogens with one attached hydrogen (secondary N) is 1. The fraction of sp³-hybridized carbons (Fsp3) is 0.500. The Bertz CT molecular complexity index is 266. The van der Waals surface area contributed by atoms with Gasteiger partial charge < -0.3 is 10.4 Å². The normalized spacial score (nSPS) is 14.9. The van der Waals surface area contributed by atoms with Gasteiger partial charge in [-0.25, -0.2) is 0 Å². The lowest BCUT2D eigenvalue weighted by atomic mass is 10.1. The highest BCUT2D eigenvalue weighted by molar-refractivity contribution is 7.98. The van der Waals surface area contributed by atoms with Crippen LogP contribution in [0.25, 0.3) is 0 Å². The summed E-state index contributed by atoms with van der Waals surface area (Å²) in [6.45, 7) is 2.17. The molecule has 2 nitrogen and oxygen atoms in total. The molecule has 0 aliphatic rings. The molecular weight excluding hydrogens is 206 g/mol. The van der Waals surface area contributed by atoms with Crippen LogP contribution in [0.5, 0.6) is 0 Å². The summed E-state index contributed by atoms with van der Waals surface area (Å²) in [5.74, 6) is 1.02. The van der Waals surface area contributed by atoms with Crippen molar-refractivity contribution in [2.75, 3.05) is 18.6 Å². The van der Waals surface area contributed by atoms with E-state index in [1.165, 1.54) is 5.56 Å². The molecule has 1 aromatic rings. The van der Waals surface area contributed by atoms with Gasteiger partial charge in [-0.05, 0) is 18.7 Å². The summed E-state index contributed by atoms with van der Waals surface area (Å²) in [6.07, 6.45) is 2.10. The average Bonchev–Trinajstić information content (AvgIpc) is 2.29. The van der Waals surface area contributed by atoms with Gasteiger partial charge in [0.2, 0.25) is 0 Å². The quantitative estimate of drug-likeness (QED) is 0.777. The predicted molar refractivity (Wildman–Crippen MR) is 67.2 cm³/mol. The van der Waals surface area contributed by atoms with Gasteiger partial charge in [-0.2, -0.15) is 11.8 Å². The monoisotopic (exact) mass is 225 g/mol. The highest BCUT2D eigenvalue weighted by Gasteiger charge is 2.12. The van der Waals surface area contributed by atoms with E-state index >= 15 is 0 Å². The summed E-state index contributed by atoms with van der Waals surface area (Å²) in [7, 11) is 0. The second kappa shape index (κ2) is 6.88. The lowest BCUT2D eigenvalue weighted by Crippen LogP contribution is -2.34. The Morgan fingerprint density at radius 2 is 2.00 bits per heavy atom. The third kappa shape index (κ3) is 4.24. The molecule has 2 atom stereocenters. The van der Waals surface area contributed by atoms with E-state index in [0.29, 0.717) is 6.04 Å². The minimum Gasteiger partial charge on any atom is -0.395 e. The van der Waals surface area contributed by atoms with Crippen molar-refractivity contribution in [3.05, 3.63) is 35.9 Å². The minimum atomic E-state index is 0.141. The van der Waals surface area contributed by atoms with Crippen LogP contribution in [0, 0.1) is 0 Å². The molecule has 0 fully saturated rings. The Morgan fingerprint density at radius 3 is 2.53 bits per heavy atom. The van der Waals surface area contributed by atoms with Crippen LogP contribution < -0.4 is 5.32 Å². The van der Waals surface area contributed by atoms with Crippen LogP contribution >= 0.6 is 11.8 Å². The molecule has 0 aliphatic heterocycles. The van der Waals surface area contributed by atoms with E-state index < -0.39 is 0 Å². The van der Waals surface area contributed by atoms with Gasteiger partial charge in [0.15, 0.2) is 0 Å². The molecule has 0 aromatic heterocycles. The molecule has 0 saturated heterocycles. The Morgan fingerprint density at radius 1 is 1.33 bits per heavy atom. The van der Waals surface area contributed by atoms with Crippen LogP contribution in [0.15, 0.2) is 30.3 Å². The number of benzene rings is 1. The fourth-order valence-corrected chi connectivity index (χ4v) is 2.11. The van der Waals surface area contributed by atoms with Gasteiger partial charge in [-0.1, -0.05) is 30.3 Å². The van der Waals surface area contributed by atoms with E-state index in [0.717, 1.165) is 5.75 Å². The van der Waals surface area contributed by atoms with E-state index in [2.05, 4.69) is 23.7 Å². The first-order chi connectivity index (χ1) is 7.27. The largest absolute Gasteiger partial charge is 0.395 e. The lowest BCUT2D eigenvalue weighted by molar-refractivity contribution is 0.244.